The lowest BCUT2D eigenvalue weighted by molar-refractivity contribution is 0.122. The van der Waals surface area contributed by atoms with Gasteiger partial charge in [-0.25, -0.2) is 4.98 Å². The van der Waals surface area contributed by atoms with E-state index in [4.69, 9.17) is 9.72 Å². The van der Waals surface area contributed by atoms with Crippen LogP contribution in [0.3, 0.4) is 0 Å². The van der Waals surface area contributed by atoms with E-state index < -0.39 is 0 Å². The van der Waals surface area contributed by atoms with Crippen molar-refractivity contribution in [3.63, 3.8) is 0 Å². The van der Waals surface area contributed by atoms with Crippen molar-refractivity contribution in [2.45, 2.75) is 31.4 Å². The zero-order valence-corrected chi connectivity index (χ0v) is 17.1. The van der Waals surface area contributed by atoms with Crippen molar-refractivity contribution in [1.82, 2.24) is 19.7 Å². The second kappa shape index (κ2) is 7.56. The average molecular weight is 386 g/mol. The molecule has 0 spiro atoms. The van der Waals surface area contributed by atoms with Crippen molar-refractivity contribution in [2.24, 2.45) is 0 Å². The Morgan fingerprint density at radius 2 is 1.96 bits per heavy atom. The molecular weight excluding hydrogens is 358 g/mol. The molecule has 0 bridgehead atoms. The maximum Gasteiger partial charge on any atom is 0.148 e. The molecule has 5 rings (SSSR count). The number of rotatable bonds is 4. The minimum Gasteiger partial charge on any atom is -0.378 e. The molecule has 3 aromatic rings. The maximum absolute atomic E-state index is 5.52. The Hall–Kier alpha value is -1.99. The summed E-state index contributed by atoms with van der Waals surface area (Å²) in [5.74, 6) is 2.01. The predicted molar refractivity (Wildman–Crippen MR) is 112 cm³/mol. The molecule has 0 unspecified atom stereocenters. The van der Waals surface area contributed by atoms with Crippen LogP contribution < -0.4 is 4.90 Å². The first kappa shape index (κ1) is 18.4. The van der Waals surface area contributed by atoms with Crippen LogP contribution in [0.25, 0.3) is 16.9 Å². The summed E-state index contributed by atoms with van der Waals surface area (Å²) in [4.78, 5) is 7.37. The second-order valence-electron chi connectivity index (χ2n) is 6.69. The minimum atomic E-state index is 0.252. The third kappa shape index (κ3) is 3.23. The van der Waals surface area contributed by atoms with Crippen LogP contribution in [0, 0.1) is 0 Å². The summed E-state index contributed by atoms with van der Waals surface area (Å²) in [6.07, 6.45) is 8.57. The monoisotopic (exact) mass is 385 g/mol. The normalized spacial score (nSPS) is 18.3. The molecule has 3 aromatic heterocycles. The molecule has 6 nitrogen and oxygen atoms in total. The number of thioether (sulfide) groups is 1. The fourth-order valence-electron chi connectivity index (χ4n) is 3.70. The van der Waals surface area contributed by atoms with Gasteiger partial charge in [-0.05, 0) is 36.8 Å². The molecule has 0 radical (unpaired) electrons. The van der Waals surface area contributed by atoms with Gasteiger partial charge in [-0.3, -0.25) is 9.67 Å². The Morgan fingerprint density at radius 1 is 1.19 bits per heavy atom. The van der Waals surface area contributed by atoms with Crippen molar-refractivity contribution in [3.8, 4) is 5.82 Å². The van der Waals surface area contributed by atoms with Crippen molar-refractivity contribution in [2.75, 3.05) is 37.5 Å². The van der Waals surface area contributed by atoms with Gasteiger partial charge < -0.3 is 9.64 Å². The van der Waals surface area contributed by atoms with Gasteiger partial charge in [0.15, 0.2) is 0 Å². The smallest absolute Gasteiger partial charge is 0.148 e. The number of hydrogen-bond donors (Lipinski definition) is 1. The molecule has 0 amide bonds. The first-order chi connectivity index (χ1) is 13.3. The molecule has 27 heavy (non-hydrogen) atoms. The number of nitrogens with zero attached hydrogens (tertiary/aromatic N) is 4. The highest BCUT2D eigenvalue weighted by Gasteiger charge is 2.45. The molecule has 1 saturated carbocycles. The van der Waals surface area contributed by atoms with Gasteiger partial charge in [0.2, 0.25) is 0 Å². The number of nitrogens with one attached hydrogen (secondary N) is 1. The fourth-order valence-corrected chi connectivity index (χ4v) is 4.60. The van der Waals surface area contributed by atoms with E-state index in [0.29, 0.717) is 0 Å². The lowest BCUT2D eigenvalue weighted by Gasteiger charge is -2.29. The van der Waals surface area contributed by atoms with Crippen molar-refractivity contribution in [1.29, 1.82) is 0 Å². The van der Waals surface area contributed by atoms with Gasteiger partial charge in [0.05, 0.1) is 19.4 Å². The molecule has 0 atom stereocenters. The van der Waals surface area contributed by atoms with Crippen LogP contribution in [0.2, 0.25) is 0 Å². The molecule has 1 N–H and O–H groups in total. The summed E-state index contributed by atoms with van der Waals surface area (Å²) in [7, 11) is 0. The summed E-state index contributed by atoms with van der Waals surface area (Å²) in [6, 6.07) is 6.48. The molecule has 1 aliphatic carbocycles. The average Bonchev–Trinajstić information content (AvgIpc) is 3.14. The van der Waals surface area contributed by atoms with Gasteiger partial charge in [-0.15, -0.1) is 0 Å². The summed E-state index contributed by atoms with van der Waals surface area (Å²) in [6.45, 7) is 7.33. The lowest BCUT2D eigenvalue weighted by Crippen LogP contribution is -2.37. The lowest BCUT2D eigenvalue weighted by atomic mass is 10.1. The largest absolute Gasteiger partial charge is 0.378 e. The number of ether oxygens (including phenoxy) is 1. The minimum absolute atomic E-state index is 0.252. The zero-order chi connectivity index (χ0) is 18.9. The van der Waals surface area contributed by atoms with E-state index in [2.05, 4.69) is 44.2 Å². The van der Waals surface area contributed by atoms with Gasteiger partial charge >= 0.3 is 0 Å². The number of aromatic amines is 1. The number of morpholine rings is 1. The van der Waals surface area contributed by atoms with Crippen molar-refractivity contribution >= 4 is 28.6 Å². The molecule has 0 aromatic carbocycles. The summed E-state index contributed by atoms with van der Waals surface area (Å²) >= 11 is 1.97. The van der Waals surface area contributed by atoms with Crippen LogP contribution in [0.4, 0.5) is 5.82 Å². The topological polar surface area (TPSA) is 59.0 Å². The Kier molecular flexibility index (Phi) is 5.14. The molecule has 144 valence electrons. The molecule has 1 saturated heterocycles. The number of anilines is 1. The molecule has 4 heterocycles. The van der Waals surface area contributed by atoms with E-state index in [1.165, 1.54) is 23.8 Å². The zero-order valence-electron chi connectivity index (χ0n) is 16.2. The number of fused-ring (bicyclic) bond motifs is 1. The Morgan fingerprint density at radius 3 is 2.59 bits per heavy atom. The van der Waals surface area contributed by atoms with Gasteiger partial charge in [-0.1, -0.05) is 13.8 Å². The van der Waals surface area contributed by atoms with Gasteiger partial charge in [0.1, 0.15) is 17.3 Å². The number of pyridine rings is 1. The van der Waals surface area contributed by atoms with E-state index in [1.54, 1.807) is 6.20 Å². The third-order valence-corrected chi connectivity index (χ3v) is 6.72. The Labute approximate surface area is 164 Å². The standard InChI is InChI=1S/C18H21N5OS.C2H6/c1-25-18(4-5-18)14-12-16(22-8-10-24-11-9-22)20-17-13(14)3-7-23(17)15-2-6-19-21-15;1-2/h2-3,6-7,12H,4-5,8-11H2,1H3,(H,19,21);1-2H3. The Bertz CT molecular complexity index is 895. The van der Waals surface area contributed by atoms with Crippen LogP contribution in [-0.4, -0.2) is 52.3 Å². The predicted octanol–water partition coefficient (Wildman–Crippen LogP) is 3.96. The van der Waals surface area contributed by atoms with Gasteiger partial charge in [0, 0.05) is 35.5 Å². The van der Waals surface area contributed by atoms with Gasteiger partial charge in [-0.2, -0.15) is 16.9 Å². The van der Waals surface area contributed by atoms with Crippen LogP contribution in [0.15, 0.2) is 30.6 Å². The number of hydrogen-bond acceptors (Lipinski definition) is 5. The van der Waals surface area contributed by atoms with Crippen LogP contribution in [0.5, 0.6) is 0 Å². The quantitative estimate of drug-likeness (QED) is 0.736. The van der Waals surface area contributed by atoms with Crippen LogP contribution >= 0.6 is 11.8 Å². The second-order valence-corrected chi connectivity index (χ2v) is 7.88. The summed E-state index contributed by atoms with van der Waals surface area (Å²) in [5.41, 5.74) is 2.42. The number of H-pyrrole nitrogens is 1. The molecule has 2 fully saturated rings. The third-order valence-electron chi connectivity index (χ3n) is 5.31. The van der Waals surface area contributed by atoms with Gasteiger partial charge in [0.25, 0.3) is 0 Å². The van der Waals surface area contributed by atoms with Crippen molar-refractivity contribution < 1.29 is 4.74 Å². The molecule has 2 aliphatic rings. The van der Waals surface area contributed by atoms with E-state index in [9.17, 15) is 0 Å². The molecular formula is C20H27N5OS. The molecule has 7 heteroatoms. The first-order valence-electron chi connectivity index (χ1n) is 9.71. The SMILES string of the molecule is CC.CSC1(c2cc(N3CCOCC3)nc3c2ccn3-c2ccn[nH]2)CC1. The maximum atomic E-state index is 5.52. The van der Waals surface area contributed by atoms with E-state index >= 15 is 0 Å². The van der Waals surface area contributed by atoms with E-state index in [1.807, 2.05) is 31.7 Å². The number of aromatic nitrogens is 4. The van der Waals surface area contributed by atoms with E-state index in [-0.39, 0.29) is 4.75 Å². The highest BCUT2D eigenvalue weighted by Crippen LogP contribution is 2.58. The fraction of sp³-hybridized carbons (Fsp3) is 0.500. The van der Waals surface area contributed by atoms with E-state index in [0.717, 1.165) is 43.6 Å². The molecule has 1 aliphatic heterocycles. The Balaban J connectivity index is 0.000000872. The summed E-state index contributed by atoms with van der Waals surface area (Å²) < 4.78 is 7.87. The van der Waals surface area contributed by atoms with Crippen molar-refractivity contribution in [3.05, 3.63) is 36.2 Å². The first-order valence-corrected chi connectivity index (χ1v) is 10.9. The highest BCUT2D eigenvalue weighted by molar-refractivity contribution is 7.99. The van der Waals surface area contributed by atoms with Crippen LogP contribution in [-0.2, 0) is 9.48 Å². The van der Waals surface area contributed by atoms with Crippen LogP contribution in [0.1, 0.15) is 32.3 Å². The highest BCUT2D eigenvalue weighted by atomic mass is 32.2. The summed E-state index contributed by atoms with van der Waals surface area (Å²) in [5, 5.41) is 8.39.